The van der Waals surface area contributed by atoms with E-state index in [9.17, 15) is 10.1 Å². The number of halogens is 2. The van der Waals surface area contributed by atoms with Crippen LogP contribution in [0.1, 0.15) is 5.56 Å². The highest BCUT2D eigenvalue weighted by molar-refractivity contribution is 6.31. The number of hydrogen-bond donors (Lipinski definition) is 1. The molecule has 2 rings (SSSR count). The lowest BCUT2D eigenvalue weighted by atomic mass is 10.2. The molecule has 5 nitrogen and oxygen atoms in total. The fourth-order valence-corrected chi connectivity index (χ4v) is 2.18. The predicted molar refractivity (Wildman–Crippen MR) is 82.4 cm³/mol. The molecule has 1 N–H and O–H groups in total. The van der Waals surface area contributed by atoms with Gasteiger partial charge in [-0.2, -0.15) is 0 Å². The van der Waals surface area contributed by atoms with E-state index in [1.807, 2.05) is 0 Å². The first-order chi connectivity index (χ1) is 10.0. The van der Waals surface area contributed by atoms with Crippen LogP contribution in [0.3, 0.4) is 0 Å². The molecule has 0 amide bonds. The van der Waals surface area contributed by atoms with Gasteiger partial charge in [-0.25, -0.2) is 0 Å². The zero-order chi connectivity index (χ0) is 15.4. The van der Waals surface area contributed by atoms with E-state index >= 15 is 0 Å². The van der Waals surface area contributed by atoms with E-state index < -0.39 is 4.92 Å². The van der Waals surface area contributed by atoms with Crippen molar-refractivity contribution < 1.29 is 9.66 Å². The van der Waals surface area contributed by atoms with Gasteiger partial charge in [0.2, 0.25) is 5.75 Å². The minimum absolute atomic E-state index is 0.129. The van der Waals surface area contributed by atoms with Crippen LogP contribution in [0, 0.1) is 10.1 Å². The van der Waals surface area contributed by atoms with Crippen LogP contribution in [0.4, 0.5) is 5.69 Å². The molecule has 7 heteroatoms. The molecule has 0 fully saturated rings. The van der Waals surface area contributed by atoms with Crippen LogP contribution in [0.25, 0.3) is 0 Å². The molecular weight excluding hydrogens is 315 g/mol. The summed E-state index contributed by atoms with van der Waals surface area (Å²) in [6.45, 7) is 0.525. The summed E-state index contributed by atoms with van der Waals surface area (Å²) in [5.41, 5.74) is 0.613. The quantitative estimate of drug-likeness (QED) is 0.652. The van der Waals surface area contributed by atoms with E-state index in [0.717, 1.165) is 5.56 Å². The fourth-order valence-electron chi connectivity index (χ4n) is 1.81. The summed E-state index contributed by atoms with van der Waals surface area (Å²) < 4.78 is 5.67. The maximum Gasteiger partial charge on any atom is 0.313 e. The second-order valence-electron chi connectivity index (χ2n) is 4.25. The zero-order valence-corrected chi connectivity index (χ0v) is 12.6. The third-order valence-electron chi connectivity index (χ3n) is 2.73. The molecule has 0 saturated carbocycles. The van der Waals surface area contributed by atoms with Crippen molar-refractivity contribution in [3.8, 4) is 11.5 Å². The molecule has 110 valence electrons. The molecule has 0 heterocycles. The van der Waals surface area contributed by atoms with Crippen LogP contribution >= 0.6 is 23.2 Å². The van der Waals surface area contributed by atoms with Crippen molar-refractivity contribution >= 4 is 28.9 Å². The summed E-state index contributed by atoms with van der Waals surface area (Å²) in [5, 5.41) is 14.9. The van der Waals surface area contributed by atoms with Gasteiger partial charge in [0.25, 0.3) is 0 Å². The van der Waals surface area contributed by atoms with E-state index in [1.165, 1.54) is 18.2 Å². The molecule has 0 aromatic heterocycles. The van der Waals surface area contributed by atoms with Gasteiger partial charge in [0.15, 0.2) is 0 Å². The number of nitrogens with one attached hydrogen (secondary N) is 1. The number of rotatable bonds is 5. The maximum absolute atomic E-state index is 11.1. The van der Waals surface area contributed by atoms with Crippen LogP contribution in [-0.2, 0) is 6.54 Å². The van der Waals surface area contributed by atoms with Crippen molar-refractivity contribution in [2.24, 2.45) is 0 Å². The molecule has 0 unspecified atom stereocenters. The van der Waals surface area contributed by atoms with E-state index in [2.05, 4.69) is 5.32 Å². The summed E-state index contributed by atoms with van der Waals surface area (Å²) in [6, 6.07) is 9.35. The van der Waals surface area contributed by atoms with Crippen molar-refractivity contribution in [1.82, 2.24) is 5.32 Å². The van der Waals surface area contributed by atoms with Crippen LogP contribution in [0.2, 0.25) is 10.0 Å². The highest BCUT2D eigenvalue weighted by Crippen LogP contribution is 2.35. The molecule has 21 heavy (non-hydrogen) atoms. The number of nitrogens with zero attached hydrogens (tertiary/aromatic N) is 1. The number of benzene rings is 2. The van der Waals surface area contributed by atoms with E-state index in [0.29, 0.717) is 17.3 Å². The van der Waals surface area contributed by atoms with Crippen molar-refractivity contribution in [1.29, 1.82) is 0 Å². The van der Waals surface area contributed by atoms with Gasteiger partial charge in [-0.1, -0.05) is 23.2 Å². The Hall–Kier alpha value is -1.82. The lowest BCUT2D eigenvalue weighted by Crippen LogP contribution is -2.06. The van der Waals surface area contributed by atoms with Crippen molar-refractivity contribution in [3.05, 3.63) is 62.1 Å². The number of hydrogen-bond acceptors (Lipinski definition) is 4. The first-order valence-electron chi connectivity index (χ1n) is 6.06. The first-order valence-corrected chi connectivity index (χ1v) is 6.81. The Balaban J connectivity index is 2.40. The van der Waals surface area contributed by atoms with Crippen LogP contribution in [0.15, 0.2) is 36.4 Å². The fraction of sp³-hybridized carbons (Fsp3) is 0.143. The third-order valence-corrected chi connectivity index (χ3v) is 3.20. The summed E-state index contributed by atoms with van der Waals surface area (Å²) in [7, 11) is 1.79. The standard InChI is InChI=1S/C14H12Cl2N2O3/c1-17-8-9-6-10(15)2-4-13(9)21-14-5-3-11(16)7-12(14)18(19)20/h2-7,17H,8H2,1H3. The normalized spacial score (nSPS) is 10.4. The monoisotopic (exact) mass is 326 g/mol. The van der Waals surface area contributed by atoms with Gasteiger partial charge in [-0.15, -0.1) is 0 Å². The Morgan fingerprint density at radius 3 is 2.38 bits per heavy atom. The first kappa shape index (κ1) is 15.6. The van der Waals surface area contributed by atoms with Gasteiger partial charge in [0.05, 0.1) is 4.92 Å². The van der Waals surface area contributed by atoms with Crippen LogP contribution in [0.5, 0.6) is 11.5 Å². The molecule has 2 aromatic rings. The predicted octanol–water partition coefficient (Wildman–Crippen LogP) is 4.41. The van der Waals surface area contributed by atoms with Crippen molar-refractivity contribution in [3.63, 3.8) is 0 Å². The molecule has 0 radical (unpaired) electrons. The number of ether oxygens (including phenoxy) is 1. The smallest absolute Gasteiger partial charge is 0.313 e. The van der Waals surface area contributed by atoms with Crippen LogP contribution < -0.4 is 10.1 Å². The Bertz CT molecular complexity index is 677. The molecule has 0 atom stereocenters. The second-order valence-corrected chi connectivity index (χ2v) is 5.13. The zero-order valence-electron chi connectivity index (χ0n) is 11.1. The summed E-state index contributed by atoms with van der Waals surface area (Å²) in [4.78, 5) is 10.5. The SMILES string of the molecule is CNCc1cc(Cl)ccc1Oc1ccc(Cl)cc1[N+](=O)[O-]. The Labute approximate surface area is 131 Å². The third kappa shape index (κ3) is 3.85. The van der Waals surface area contributed by atoms with Gasteiger partial charge in [-0.05, 0) is 37.4 Å². The van der Waals surface area contributed by atoms with Gasteiger partial charge in [-0.3, -0.25) is 10.1 Å². The average molecular weight is 327 g/mol. The summed E-state index contributed by atoms with van der Waals surface area (Å²) in [5.74, 6) is 0.628. The Kier molecular flexibility index (Phi) is 5.01. The van der Waals surface area contributed by atoms with Crippen molar-refractivity contribution in [2.75, 3.05) is 7.05 Å². The molecule has 2 aromatic carbocycles. The van der Waals surface area contributed by atoms with E-state index in [4.69, 9.17) is 27.9 Å². The van der Waals surface area contributed by atoms with Crippen LogP contribution in [-0.4, -0.2) is 12.0 Å². The molecule has 0 aliphatic carbocycles. The van der Waals surface area contributed by atoms with Gasteiger partial charge < -0.3 is 10.1 Å². The summed E-state index contributed by atoms with van der Waals surface area (Å²) in [6.07, 6.45) is 0. The number of nitro benzene ring substituents is 1. The molecular formula is C14H12Cl2N2O3. The van der Waals surface area contributed by atoms with E-state index in [1.54, 1.807) is 25.2 Å². The van der Waals surface area contributed by atoms with Crippen molar-refractivity contribution in [2.45, 2.75) is 6.54 Å². The van der Waals surface area contributed by atoms with E-state index in [-0.39, 0.29) is 16.5 Å². The number of nitro groups is 1. The minimum Gasteiger partial charge on any atom is -0.450 e. The Morgan fingerprint density at radius 2 is 1.76 bits per heavy atom. The summed E-state index contributed by atoms with van der Waals surface area (Å²) >= 11 is 11.7. The largest absolute Gasteiger partial charge is 0.450 e. The second kappa shape index (κ2) is 6.76. The van der Waals surface area contributed by atoms with Gasteiger partial charge in [0.1, 0.15) is 5.75 Å². The molecule has 0 aliphatic heterocycles. The minimum atomic E-state index is -0.533. The molecule has 0 aliphatic rings. The Morgan fingerprint density at radius 1 is 1.14 bits per heavy atom. The lowest BCUT2D eigenvalue weighted by Gasteiger charge is -2.11. The highest BCUT2D eigenvalue weighted by Gasteiger charge is 2.17. The maximum atomic E-state index is 11.1. The molecule has 0 spiro atoms. The molecule has 0 bridgehead atoms. The van der Waals surface area contributed by atoms with Gasteiger partial charge >= 0.3 is 5.69 Å². The van der Waals surface area contributed by atoms with Gasteiger partial charge in [0, 0.05) is 28.2 Å². The highest BCUT2D eigenvalue weighted by atomic mass is 35.5. The average Bonchev–Trinajstić information content (AvgIpc) is 2.43. The topological polar surface area (TPSA) is 64.4 Å². The molecule has 0 saturated heterocycles. The lowest BCUT2D eigenvalue weighted by molar-refractivity contribution is -0.385.